The molecule has 0 aliphatic carbocycles. The Labute approximate surface area is 512 Å². The van der Waals surface area contributed by atoms with Crippen LogP contribution in [0, 0.1) is 41.5 Å². The average Bonchev–Trinajstić information content (AvgIpc) is 3.51. The van der Waals surface area contributed by atoms with Crippen LogP contribution < -0.4 is 29.6 Å². The summed E-state index contributed by atoms with van der Waals surface area (Å²) in [5.74, 6) is 1.82. The molecule has 29 heteroatoms. The number of halogens is 2. The standard InChI is InChI=1S/C55H62Br2N10O13S4/c1-33-25-47(62-66-51-27-37(5)49(31-53(51)79-17-9-21-83(71,72)73)64-60-43-13-11-39(29-41(43)56)77-15-7-19-81-69)35(3)23-45(33)58-55(68)59-46-24-36(4)48(26-34(46)2)63-67-52-28-38(6)50(32-54(52)80-18-10-22-84(74,75)76)65-61-44-14-12-40(30-42(44)57)78-16-8-20-82-70/h11-14,23-32,69-70H,7-10,15-22H2,1-6H3,(H2,58,59,68)(H,71,72,73)(H,74,75,76)/b64-60+,65-61?,66-62+,67-63?. The van der Waals surface area contributed by atoms with Crippen molar-refractivity contribution in [3.63, 3.8) is 0 Å². The van der Waals surface area contributed by atoms with Crippen LogP contribution in [0.1, 0.15) is 59.1 Å². The molecular weight excluding hydrogens is 1300 g/mol. The average molecular weight is 1360 g/mol. The molecule has 6 aromatic rings. The van der Waals surface area contributed by atoms with E-state index in [9.17, 15) is 30.7 Å². The lowest BCUT2D eigenvalue weighted by atomic mass is 10.1. The van der Waals surface area contributed by atoms with Gasteiger partial charge in [-0.05, 0) is 229 Å². The Balaban J connectivity index is 1.15. The van der Waals surface area contributed by atoms with Crippen molar-refractivity contribution in [3.05, 3.63) is 127 Å². The van der Waals surface area contributed by atoms with Crippen LogP contribution in [0.25, 0.3) is 0 Å². The van der Waals surface area contributed by atoms with E-state index in [2.05, 4.69) is 83.4 Å². The van der Waals surface area contributed by atoms with Crippen molar-refractivity contribution in [2.45, 2.75) is 67.2 Å². The van der Waals surface area contributed by atoms with E-state index in [1.165, 1.54) is 0 Å². The lowest BCUT2D eigenvalue weighted by molar-refractivity contribution is 0.262. The summed E-state index contributed by atoms with van der Waals surface area (Å²) >= 11 is 8.56. The van der Waals surface area contributed by atoms with Gasteiger partial charge in [0.25, 0.3) is 20.2 Å². The van der Waals surface area contributed by atoms with Gasteiger partial charge in [-0.1, -0.05) is 0 Å². The van der Waals surface area contributed by atoms with Crippen molar-refractivity contribution >= 4 is 139 Å². The molecule has 0 aliphatic heterocycles. The number of anilines is 2. The summed E-state index contributed by atoms with van der Waals surface area (Å²) in [4.78, 5) is 13.6. The number of carbonyl (C=O) groups excluding carboxylic acids is 1. The van der Waals surface area contributed by atoms with Gasteiger partial charge >= 0.3 is 6.03 Å². The third kappa shape index (κ3) is 21.6. The second-order valence-corrected chi connectivity index (χ2v) is 25.0. The fourth-order valence-corrected chi connectivity index (χ4v) is 9.84. The first-order chi connectivity index (χ1) is 40.0. The van der Waals surface area contributed by atoms with E-state index >= 15 is 0 Å². The molecule has 6 rings (SSSR count). The van der Waals surface area contributed by atoms with Crippen LogP contribution in [0.2, 0.25) is 0 Å². The fraction of sp³-hybridized carbons (Fsp3) is 0.327. The maximum Gasteiger partial charge on any atom is 0.323 e. The summed E-state index contributed by atoms with van der Waals surface area (Å²) in [5.41, 5.74) is 8.65. The molecule has 0 saturated carbocycles. The van der Waals surface area contributed by atoms with Gasteiger partial charge < -0.3 is 38.7 Å². The van der Waals surface area contributed by atoms with Crippen LogP contribution in [0.15, 0.2) is 135 Å². The van der Waals surface area contributed by atoms with Gasteiger partial charge in [-0.25, -0.2) is 4.79 Å². The zero-order valence-corrected chi connectivity index (χ0v) is 52.9. The minimum absolute atomic E-state index is 0.00241. The fourth-order valence-electron chi connectivity index (χ4n) is 7.51. The van der Waals surface area contributed by atoms with E-state index in [0.29, 0.717) is 148 Å². The molecule has 0 aliphatic rings. The number of ether oxygens (including phenoxy) is 4. The monoisotopic (exact) mass is 1360 g/mol. The number of nitrogens with zero attached hydrogens (tertiary/aromatic N) is 8. The molecule has 0 spiro atoms. The van der Waals surface area contributed by atoms with Gasteiger partial charge in [0.1, 0.15) is 45.7 Å². The lowest BCUT2D eigenvalue weighted by Crippen LogP contribution is -2.20. The second-order valence-electron chi connectivity index (χ2n) is 18.8. The number of azo groups is 4. The van der Waals surface area contributed by atoms with Crippen LogP contribution in [-0.4, -0.2) is 90.5 Å². The van der Waals surface area contributed by atoms with Crippen molar-refractivity contribution in [1.29, 1.82) is 0 Å². The topological polar surface area (TPSA) is 326 Å². The maximum absolute atomic E-state index is 13.6. The zero-order valence-electron chi connectivity index (χ0n) is 46.5. The summed E-state index contributed by atoms with van der Waals surface area (Å²) < 4.78 is 107. The van der Waals surface area contributed by atoms with E-state index in [1.807, 2.05) is 41.5 Å². The molecule has 0 heterocycles. The molecule has 0 atom stereocenters. The van der Waals surface area contributed by atoms with Gasteiger partial charge in [-0.2, -0.15) is 37.3 Å². The van der Waals surface area contributed by atoms with Gasteiger partial charge in [0.05, 0.1) is 60.7 Å². The third-order valence-electron chi connectivity index (χ3n) is 11.9. The highest BCUT2D eigenvalue weighted by Gasteiger charge is 2.17. The normalized spacial score (nSPS) is 12.0. The lowest BCUT2D eigenvalue weighted by Gasteiger charge is -2.14. The molecule has 0 saturated heterocycles. The predicted octanol–water partition coefficient (Wildman–Crippen LogP) is 17.6. The van der Waals surface area contributed by atoms with Gasteiger partial charge in [-0.3, -0.25) is 9.11 Å². The minimum Gasteiger partial charge on any atom is -0.494 e. The Hall–Kier alpha value is -6.41. The molecular formula is C55H62Br2N10O13S4. The number of amides is 2. The van der Waals surface area contributed by atoms with Gasteiger partial charge in [0, 0.05) is 44.0 Å². The first-order valence-corrected chi connectivity index (χ1v) is 32.5. The summed E-state index contributed by atoms with van der Waals surface area (Å²) in [6.45, 7) is 11.6. The molecule has 0 fully saturated rings. The highest BCUT2D eigenvalue weighted by atomic mass is 79.9. The first-order valence-electron chi connectivity index (χ1n) is 25.8. The van der Waals surface area contributed by atoms with E-state index in [4.69, 9.17) is 28.1 Å². The molecule has 6 N–H and O–H groups in total. The van der Waals surface area contributed by atoms with E-state index < -0.39 is 37.8 Å². The molecule has 2 amide bonds. The predicted molar refractivity (Wildman–Crippen MR) is 335 cm³/mol. The number of rotatable bonds is 30. The molecule has 0 aromatic heterocycles. The number of hydrogen-bond acceptors (Lipinski definition) is 21. The quantitative estimate of drug-likeness (QED) is 0.0106. The number of aryl methyl sites for hydroxylation is 6. The molecule has 0 bridgehead atoms. The van der Waals surface area contributed by atoms with Crippen molar-refractivity contribution in [1.82, 2.24) is 0 Å². The number of carbonyl (C=O) groups is 1. The van der Waals surface area contributed by atoms with Crippen molar-refractivity contribution in [2.75, 3.05) is 60.1 Å². The zero-order chi connectivity index (χ0) is 61.0. The van der Waals surface area contributed by atoms with E-state index in [1.54, 1.807) is 84.9 Å². The Kier molecular flexibility index (Phi) is 25.6. The molecule has 6 aromatic carbocycles. The van der Waals surface area contributed by atoms with Crippen LogP contribution in [0.3, 0.4) is 0 Å². The molecule has 0 radical (unpaired) electrons. The van der Waals surface area contributed by atoms with Gasteiger partial charge in [-0.15, -0.1) is 20.5 Å². The summed E-state index contributed by atoms with van der Waals surface area (Å²) in [5, 5.41) is 41.7. The van der Waals surface area contributed by atoms with Crippen LogP contribution in [-0.2, 0) is 20.2 Å². The Morgan fingerprint density at radius 1 is 0.440 bits per heavy atom. The van der Waals surface area contributed by atoms with E-state index in [-0.39, 0.29) is 37.6 Å². The van der Waals surface area contributed by atoms with Crippen molar-refractivity contribution in [2.24, 2.45) is 40.9 Å². The SMILES string of the molecule is Cc1cc(N=Nc2cc(C)c(NC(=O)Nc3cc(C)c(/N=N/c4cc(C)c(/N=N/c5ccc(OCCCSO)cc5Br)cc4OCCCS(=O)(=O)O)cc3C)cc2C)c(OCCCS(=O)(=O)O)cc1N=Nc1ccc(OCCCSO)cc1Br. The first kappa shape index (κ1) is 66.7. The van der Waals surface area contributed by atoms with Crippen molar-refractivity contribution in [3.8, 4) is 23.0 Å². The van der Waals surface area contributed by atoms with Gasteiger partial charge in [0.2, 0.25) is 0 Å². The van der Waals surface area contributed by atoms with Gasteiger partial charge in [0.15, 0.2) is 0 Å². The smallest absolute Gasteiger partial charge is 0.323 e. The van der Waals surface area contributed by atoms with Crippen LogP contribution >= 0.6 is 55.9 Å². The maximum atomic E-state index is 13.6. The third-order valence-corrected chi connectivity index (χ3v) is 15.8. The Morgan fingerprint density at radius 3 is 1.12 bits per heavy atom. The highest BCUT2D eigenvalue weighted by molar-refractivity contribution is 9.11. The summed E-state index contributed by atoms with van der Waals surface area (Å²) in [6.07, 6.45) is 1.34. The molecule has 84 heavy (non-hydrogen) atoms. The Morgan fingerprint density at radius 2 is 0.762 bits per heavy atom. The summed E-state index contributed by atoms with van der Waals surface area (Å²) in [7, 11) is -8.44. The second kappa shape index (κ2) is 32.2. The Bertz CT molecular complexity index is 3440. The molecule has 0 unspecified atom stereocenters. The number of urea groups is 1. The van der Waals surface area contributed by atoms with Crippen molar-refractivity contribution < 1.29 is 58.8 Å². The van der Waals surface area contributed by atoms with Crippen LogP contribution in [0.4, 0.5) is 61.7 Å². The number of nitrogens with one attached hydrogen (secondary N) is 2. The minimum atomic E-state index is -4.22. The summed E-state index contributed by atoms with van der Waals surface area (Å²) in [6, 6.07) is 23.7. The van der Waals surface area contributed by atoms with Crippen LogP contribution in [0.5, 0.6) is 23.0 Å². The highest BCUT2D eigenvalue weighted by Crippen LogP contribution is 2.41. The molecule has 23 nitrogen and oxygen atoms in total. The number of benzene rings is 6. The van der Waals surface area contributed by atoms with E-state index in [0.717, 1.165) is 24.1 Å². The molecule has 448 valence electrons. The largest absolute Gasteiger partial charge is 0.494 e. The number of hydrogen-bond donors (Lipinski definition) is 6.